The predicted molar refractivity (Wildman–Crippen MR) is 342 cm³/mol. The molecule has 0 saturated carbocycles. The average Bonchev–Trinajstić information content (AvgIpc) is 1.16. The first-order valence-corrected chi connectivity index (χ1v) is 32.6. The average molecular weight is 1300 g/mol. The lowest BCUT2D eigenvalue weighted by atomic mass is 9.85. The molecule has 4 saturated heterocycles. The first-order valence-electron chi connectivity index (χ1n) is 30.5. The van der Waals surface area contributed by atoms with E-state index in [4.69, 9.17) is 40.5 Å². The molecule has 21 nitrogen and oxygen atoms in total. The third kappa shape index (κ3) is 15.0. The molecule has 4 fully saturated rings. The Bertz CT molecular complexity index is 3660. The highest BCUT2D eigenvalue weighted by molar-refractivity contribution is 7.22. The minimum Gasteiger partial charge on any atom is -0.459 e. The van der Waals surface area contributed by atoms with Crippen LogP contribution in [0.4, 0.5) is 29.3 Å². The Balaban J connectivity index is 0.794. The largest absolute Gasteiger partial charge is 0.459 e. The van der Waals surface area contributed by atoms with E-state index in [2.05, 4.69) is 30.8 Å². The number of likely N-dealkylation sites (tertiary alicyclic amines) is 2. The van der Waals surface area contributed by atoms with Gasteiger partial charge in [0.2, 0.25) is 17.7 Å². The van der Waals surface area contributed by atoms with Crippen LogP contribution in [0.3, 0.4) is 0 Å². The van der Waals surface area contributed by atoms with Crippen LogP contribution in [0.25, 0.3) is 42.7 Å². The summed E-state index contributed by atoms with van der Waals surface area (Å²) >= 11 is 9.49. The highest BCUT2D eigenvalue weighted by atomic mass is 35.5. The molecule has 0 spiro atoms. The molecular weight excluding hydrogens is 1220 g/mol. The standard InChI is InChI=1S/C64H80ClF2N11O10S2/c1-33(27-75-23-21-41(22-24-75)85-31-47(80)70-54(62(4,5)6)57(82)77-30-40(79)25-46(77)56(81)69-34(2)36-13-15-37(16-14-36)52-35(3)68-32-89-52)86-58-71-50-43(55(73-58)76-28-38-17-18-39(29-76)78(38)61(84)88-64(10,11)12)26-44(65)48(49(50)67)42-19-20-45(66)53-51(42)72-59(90-53)74-60(83)87-63(7,8)9/h13-16,19-20,26,32-34,38-41,46,54,79H,17-18,21-25,27-31H2,1-12H3,(H,69,81)(H,70,80)(H,72,74,83)/t33?,34-,38?,39?,40+,46-,54?/m0/s1. The lowest BCUT2D eigenvalue weighted by Gasteiger charge is -2.42. The first kappa shape index (κ1) is 66.0. The lowest BCUT2D eigenvalue weighted by Crippen LogP contribution is -2.58. The number of halogens is 3. The van der Waals surface area contributed by atoms with Gasteiger partial charge in [-0.25, -0.2) is 28.3 Å². The zero-order chi connectivity index (χ0) is 64.9. The first-order chi connectivity index (χ1) is 42.4. The SMILES string of the molecule is Cc1ncsc1-c1ccc([C@H](C)NC(=O)[C@@H]2C[C@@H](O)CN2C(=O)C(NC(=O)COC2CCN(CC(C)Oc3nc(N4CC5CCC(C4)N5C(=O)OC(C)(C)C)c4cc(Cl)c(-c5ccc(F)c6sc(NC(=O)OC(C)(C)C)nc56)c(F)c4n3)CC2)C(C)(C)C)cc1. The molecule has 484 valence electrons. The second-order valence-electron chi connectivity index (χ2n) is 27.0. The van der Waals surface area contributed by atoms with E-state index in [9.17, 15) is 29.1 Å². The molecule has 4 unspecified atom stereocenters. The Kier molecular flexibility index (Phi) is 19.3. The minimum absolute atomic E-state index is 0.0237. The van der Waals surface area contributed by atoms with Crippen LogP contribution >= 0.6 is 34.3 Å². The maximum Gasteiger partial charge on any atom is 0.413 e. The number of amides is 5. The van der Waals surface area contributed by atoms with Crippen molar-refractivity contribution in [2.45, 2.75) is 175 Å². The molecule has 4 aliphatic heterocycles. The van der Waals surface area contributed by atoms with Crippen molar-refractivity contribution in [2.75, 3.05) is 56.1 Å². The van der Waals surface area contributed by atoms with Crippen LogP contribution in [0.15, 0.2) is 48.0 Å². The zero-order valence-corrected chi connectivity index (χ0v) is 55.3. The number of β-amino-alcohol motifs (C(OH)–C–C–N with tert-alkyl or cyclic N) is 1. The van der Waals surface area contributed by atoms with Crippen molar-refractivity contribution >= 4 is 96.3 Å². The van der Waals surface area contributed by atoms with Gasteiger partial charge in [-0.1, -0.05) is 68.0 Å². The zero-order valence-electron chi connectivity index (χ0n) is 52.9. The van der Waals surface area contributed by atoms with Crippen molar-refractivity contribution in [3.8, 4) is 27.6 Å². The quantitative estimate of drug-likeness (QED) is 0.0704. The lowest BCUT2D eigenvalue weighted by molar-refractivity contribution is -0.145. The summed E-state index contributed by atoms with van der Waals surface area (Å²) in [5.74, 6) is -2.49. The molecule has 6 aromatic rings. The number of rotatable bonds is 16. The van der Waals surface area contributed by atoms with Crippen LogP contribution in [-0.2, 0) is 28.6 Å². The molecule has 7 atom stereocenters. The number of thiazole rings is 2. The van der Waals surface area contributed by atoms with Gasteiger partial charge in [0.25, 0.3) is 0 Å². The van der Waals surface area contributed by atoms with Gasteiger partial charge >= 0.3 is 18.2 Å². The van der Waals surface area contributed by atoms with Gasteiger partial charge in [-0.05, 0) is 123 Å². The van der Waals surface area contributed by atoms with Gasteiger partial charge in [-0.2, -0.15) is 9.97 Å². The third-order valence-corrected chi connectivity index (χ3v) is 18.7. The highest BCUT2D eigenvalue weighted by Gasteiger charge is 2.47. The number of aliphatic hydroxyl groups is 1. The van der Waals surface area contributed by atoms with Crippen LogP contribution in [-0.4, -0.2) is 169 Å². The predicted octanol–water partition coefficient (Wildman–Crippen LogP) is 10.8. The Morgan fingerprint density at radius 3 is 2.16 bits per heavy atom. The normalized spacial score (nSPS) is 20.3. The fourth-order valence-electron chi connectivity index (χ4n) is 12.3. The Labute approximate surface area is 535 Å². The van der Waals surface area contributed by atoms with Crippen LogP contribution in [0.1, 0.15) is 126 Å². The van der Waals surface area contributed by atoms with Gasteiger partial charge in [0.05, 0.1) is 61.7 Å². The molecule has 7 heterocycles. The summed E-state index contributed by atoms with van der Waals surface area (Å²) < 4.78 is 57.1. The summed E-state index contributed by atoms with van der Waals surface area (Å²) in [6.45, 7) is 23.7. The summed E-state index contributed by atoms with van der Waals surface area (Å²) in [6, 6.07) is 9.09. The number of ether oxygens (including phenoxy) is 4. The van der Waals surface area contributed by atoms with Gasteiger partial charge in [0.1, 0.15) is 53.1 Å². The van der Waals surface area contributed by atoms with Crippen molar-refractivity contribution < 1.29 is 56.8 Å². The van der Waals surface area contributed by atoms with Crippen molar-refractivity contribution in [3.63, 3.8) is 0 Å². The molecule has 90 heavy (non-hydrogen) atoms. The molecule has 4 aliphatic rings. The van der Waals surface area contributed by atoms with Crippen molar-refractivity contribution in [1.82, 2.24) is 45.3 Å². The summed E-state index contributed by atoms with van der Waals surface area (Å²) in [4.78, 5) is 95.1. The number of anilines is 2. The Morgan fingerprint density at radius 2 is 1.52 bits per heavy atom. The van der Waals surface area contributed by atoms with E-state index in [1.165, 1.54) is 17.0 Å². The number of piperidine rings is 1. The second-order valence-corrected chi connectivity index (χ2v) is 29.3. The molecule has 2 bridgehead atoms. The number of aryl methyl sites for hydroxylation is 1. The maximum atomic E-state index is 17.7. The van der Waals surface area contributed by atoms with E-state index in [0.717, 1.165) is 45.9 Å². The van der Waals surface area contributed by atoms with Crippen molar-refractivity contribution in [3.05, 3.63) is 75.9 Å². The third-order valence-electron chi connectivity index (χ3n) is 16.5. The van der Waals surface area contributed by atoms with Gasteiger partial charge in [0, 0.05) is 62.2 Å². The summed E-state index contributed by atoms with van der Waals surface area (Å²) in [5.41, 5.74) is 2.36. The van der Waals surface area contributed by atoms with E-state index in [0.29, 0.717) is 56.8 Å². The molecule has 4 N–H and O–H groups in total. The highest BCUT2D eigenvalue weighted by Crippen LogP contribution is 2.45. The molecule has 26 heteroatoms. The van der Waals surface area contributed by atoms with Gasteiger partial charge in [0.15, 0.2) is 10.9 Å². The number of aromatic nitrogens is 4. The number of carbonyl (C=O) groups is 5. The van der Waals surface area contributed by atoms with E-state index >= 15 is 8.78 Å². The number of carbonyl (C=O) groups excluding carboxylic acids is 5. The number of piperazine rings is 1. The van der Waals surface area contributed by atoms with Gasteiger partial charge in [-0.15, -0.1) is 11.3 Å². The number of hydrogen-bond donors (Lipinski definition) is 4. The van der Waals surface area contributed by atoms with Crippen LogP contribution < -0.4 is 25.6 Å². The van der Waals surface area contributed by atoms with E-state index in [1.807, 2.05) is 91.5 Å². The molecule has 3 aromatic heterocycles. The van der Waals surface area contributed by atoms with Crippen LogP contribution in [0, 0.1) is 24.0 Å². The van der Waals surface area contributed by atoms with Gasteiger partial charge in [-0.3, -0.25) is 29.5 Å². The molecule has 10 rings (SSSR count). The molecule has 3 aromatic carbocycles. The smallest absolute Gasteiger partial charge is 0.413 e. The number of fused-ring (bicyclic) bond motifs is 4. The van der Waals surface area contributed by atoms with E-state index in [-0.39, 0.29) is 80.8 Å². The Morgan fingerprint density at radius 1 is 0.844 bits per heavy atom. The summed E-state index contributed by atoms with van der Waals surface area (Å²) in [7, 11) is 0. The fraction of sp³-hybridized carbons (Fsp3) is 0.547. The minimum atomic E-state index is -1.03. The summed E-state index contributed by atoms with van der Waals surface area (Å²) in [5, 5.41) is 19.6. The van der Waals surface area contributed by atoms with E-state index < -0.39 is 88.5 Å². The second kappa shape index (κ2) is 26.4. The molecule has 5 amide bonds. The number of nitrogens with one attached hydrogen (secondary N) is 3. The number of benzene rings is 3. The summed E-state index contributed by atoms with van der Waals surface area (Å²) in [6.07, 6.45) is -0.272. The Hall–Kier alpha value is -6.90. The maximum absolute atomic E-state index is 17.7. The number of hydrogen-bond acceptors (Lipinski definition) is 18. The monoisotopic (exact) mass is 1300 g/mol. The topological polar surface area (TPSA) is 243 Å². The van der Waals surface area contributed by atoms with Gasteiger partial charge < -0.3 is 44.5 Å². The van der Waals surface area contributed by atoms with Crippen molar-refractivity contribution in [2.24, 2.45) is 5.41 Å². The number of nitrogens with zero attached hydrogens (tertiary/aromatic N) is 8. The van der Waals surface area contributed by atoms with Crippen molar-refractivity contribution in [1.29, 1.82) is 0 Å². The molecule has 0 radical (unpaired) electrons. The fourth-order valence-corrected chi connectivity index (χ4v) is 14.2. The molecular formula is C64H80ClF2N11O10S2. The molecule has 0 aliphatic carbocycles. The van der Waals surface area contributed by atoms with E-state index in [1.54, 1.807) is 48.6 Å². The van der Waals surface area contributed by atoms with Crippen LogP contribution in [0.5, 0.6) is 6.01 Å². The van der Waals surface area contributed by atoms with Crippen LogP contribution in [0.2, 0.25) is 5.02 Å². The number of aliphatic hydroxyl groups excluding tert-OH is 1.